The molecule has 0 saturated heterocycles. The summed E-state index contributed by atoms with van der Waals surface area (Å²) in [5.74, 6) is -1.48. The van der Waals surface area contributed by atoms with E-state index < -0.39 is 30.1 Å². The number of ether oxygens (including phenoxy) is 1. The third-order valence-electron chi connectivity index (χ3n) is 1.99. The Bertz CT molecular complexity index is 511. The smallest absolute Gasteiger partial charge is 0.408 e. The summed E-state index contributed by atoms with van der Waals surface area (Å²) < 4.78 is 21.0. The SMILES string of the molecule is [2H]C([2H])(c1ccccc1)[13C@H]([15NH]C(=O)OC(C)(C)C)[13C](=O)O. The van der Waals surface area contributed by atoms with Crippen molar-refractivity contribution in [3.05, 3.63) is 35.9 Å². The lowest BCUT2D eigenvalue weighted by Crippen LogP contribution is -2.44. The summed E-state index contributed by atoms with van der Waals surface area (Å²) in [5, 5.41) is 11.3. The van der Waals surface area contributed by atoms with E-state index in [0.29, 0.717) is 0 Å². The van der Waals surface area contributed by atoms with Crippen LogP contribution in [0, 0.1) is 0 Å². The van der Waals surface area contributed by atoms with E-state index in [-0.39, 0.29) is 5.56 Å². The maximum atomic E-state index is 11.7. The minimum absolute atomic E-state index is 0.161. The van der Waals surface area contributed by atoms with Gasteiger partial charge in [-0.15, -0.1) is 0 Å². The highest BCUT2D eigenvalue weighted by Gasteiger charge is 2.23. The topological polar surface area (TPSA) is 75.6 Å². The van der Waals surface area contributed by atoms with Crippen molar-refractivity contribution in [2.45, 2.75) is 38.8 Å². The monoisotopic (exact) mass is 270 g/mol. The Kier molecular flexibility index (Phi) is 3.94. The summed E-state index contributed by atoms with van der Waals surface area (Å²) in [6.45, 7) is 4.90. The molecule has 0 bridgehead atoms. The lowest BCUT2D eigenvalue weighted by molar-refractivity contribution is -0.139. The van der Waals surface area contributed by atoms with Crippen LogP contribution in [-0.4, -0.2) is 28.8 Å². The standard InChI is InChI=1S/C14H19NO4/c1-14(2,3)19-13(18)15-11(12(16)17)9-10-7-5-4-6-8-10/h4-8,11H,9H2,1-3H3,(H,15,18)(H,16,17)/t11-/m0/s1/i9D2,11+1,12+1,15+1. The molecule has 0 aromatic heterocycles. The number of carbonyl (C=O) groups excluding carboxylic acids is 1. The number of carboxylic acid groups (broad SMARTS) is 1. The van der Waals surface area contributed by atoms with E-state index in [4.69, 9.17) is 7.48 Å². The number of amides is 1. The van der Waals surface area contributed by atoms with Crippen molar-refractivity contribution in [3.8, 4) is 0 Å². The van der Waals surface area contributed by atoms with E-state index in [1.165, 1.54) is 12.1 Å². The van der Waals surface area contributed by atoms with Gasteiger partial charge in [0.05, 0.1) is 0 Å². The van der Waals surface area contributed by atoms with Crippen LogP contribution in [0.2, 0.25) is 0 Å². The summed E-state index contributed by atoms with van der Waals surface area (Å²) >= 11 is 0. The molecule has 104 valence electrons. The van der Waals surface area contributed by atoms with Gasteiger partial charge in [-0.2, -0.15) is 0 Å². The van der Waals surface area contributed by atoms with Gasteiger partial charge >= 0.3 is 12.1 Å². The quantitative estimate of drug-likeness (QED) is 0.649. The molecule has 0 spiro atoms. The normalized spacial score (nSPS) is 14.9. The molecule has 0 aliphatic carbocycles. The first-order valence-electron chi connectivity index (χ1n) is 6.82. The fraction of sp³-hybridized carbons (Fsp3) is 0.429. The third-order valence-corrected chi connectivity index (χ3v) is 1.99. The fourth-order valence-electron chi connectivity index (χ4n) is 1.29. The number of alkyl carbamates (subject to hydrolysis) is 1. The fourth-order valence-corrected chi connectivity index (χ4v) is 1.29. The molecule has 5 heteroatoms. The molecule has 0 saturated carbocycles. The number of carboxylic acids is 1. The molecular weight excluding hydrogens is 249 g/mol. The van der Waals surface area contributed by atoms with Gasteiger partial charge in [-0.25, -0.2) is 9.59 Å². The van der Waals surface area contributed by atoms with Gasteiger partial charge in [0.2, 0.25) is 0 Å². The van der Waals surface area contributed by atoms with Gasteiger partial charge in [0, 0.05) is 9.11 Å². The summed E-state index contributed by atoms with van der Waals surface area (Å²) in [4.78, 5) is 23.0. The Balaban J connectivity index is 2.97. The van der Waals surface area contributed by atoms with Gasteiger partial charge < -0.3 is 15.2 Å². The van der Waals surface area contributed by atoms with Crippen molar-refractivity contribution in [1.82, 2.24) is 5.32 Å². The van der Waals surface area contributed by atoms with Crippen LogP contribution in [0.15, 0.2) is 30.3 Å². The maximum Gasteiger partial charge on any atom is 0.408 e. The van der Waals surface area contributed by atoms with E-state index in [2.05, 4.69) is 5.32 Å². The number of hydrogen-bond acceptors (Lipinski definition) is 3. The van der Waals surface area contributed by atoms with Crippen LogP contribution in [0.4, 0.5) is 4.79 Å². The predicted octanol–water partition coefficient (Wildman–Crippen LogP) is 2.21. The minimum atomic E-state index is -2.27. The predicted molar refractivity (Wildman–Crippen MR) is 70.9 cm³/mol. The summed E-state index contributed by atoms with van der Waals surface area (Å²) in [5.41, 5.74) is -0.638. The number of nitrogens with one attached hydrogen (secondary N) is 1. The Hall–Kier alpha value is -2.04. The van der Waals surface area contributed by atoms with Gasteiger partial charge in [0.15, 0.2) is 0 Å². The maximum absolute atomic E-state index is 11.7. The summed E-state index contributed by atoms with van der Waals surface area (Å²) in [6.07, 6.45) is -3.25. The molecule has 1 aromatic carbocycles. The molecule has 1 amide bonds. The molecule has 0 radical (unpaired) electrons. The molecule has 0 fully saturated rings. The van der Waals surface area contributed by atoms with Crippen molar-refractivity contribution in [2.75, 3.05) is 0 Å². The molecule has 0 aliphatic heterocycles. The molecular formula is C14H19NO4. The van der Waals surface area contributed by atoms with E-state index in [0.717, 1.165) is 0 Å². The zero-order valence-corrected chi connectivity index (χ0v) is 11.1. The van der Waals surface area contributed by atoms with Crippen LogP contribution in [0.5, 0.6) is 0 Å². The minimum Gasteiger partial charge on any atom is -0.480 e. The van der Waals surface area contributed by atoms with Gasteiger partial charge in [-0.1, -0.05) is 30.3 Å². The van der Waals surface area contributed by atoms with Crippen molar-refractivity contribution in [2.24, 2.45) is 0 Å². The first-order chi connectivity index (χ1) is 9.54. The molecule has 0 heterocycles. The van der Waals surface area contributed by atoms with Crippen LogP contribution in [0.25, 0.3) is 0 Å². The molecule has 0 unspecified atom stereocenters. The highest BCUT2D eigenvalue weighted by atomic mass is 16.6. The first-order valence-corrected chi connectivity index (χ1v) is 5.82. The van der Waals surface area contributed by atoms with Gasteiger partial charge in [0.1, 0.15) is 11.6 Å². The van der Waals surface area contributed by atoms with Crippen LogP contribution in [0.3, 0.4) is 0 Å². The molecule has 19 heavy (non-hydrogen) atoms. The number of hydrogen-bond donors (Lipinski definition) is 2. The van der Waals surface area contributed by atoms with Gasteiger partial charge in [-0.3, -0.25) is 0 Å². The number of carbonyl (C=O) groups is 2. The molecule has 1 atom stereocenters. The number of rotatable bonds is 4. The van der Waals surface area contributed by atoms with Crippen LogP contribution in [0.1, 0.15) is 29.1 Å². The molecule has 2 N–H and O–H groups in total. The van der Waals surface area contributed by atoms with Crippen molar-refractivity contribution in [3.63, 3.8) is 0 Å². The lowest BCUT2D eigenvalue weighted by Gasteiger charge is -2.22. The summed E-state index contributed by atoms with van der Waals surface area (Å²) in [6, 6.07) is 6.06. The van der Waals surface area contributed by atoms with Crippen LogP contribution in [-0.2, 0) is 15.9 Å². The van der Waals surface area contributed by atoms with E-state index in [1.54, 1.807) is 39.0 Å². The average molecular weight is 270 g/mol. The highest BCUT2D eigenvalue weighted by Crippen LogP contribution is 2.08. The van der Waals surface area contributed by atoms with Crippen molar-refractivity contribution >= 4 is 12.1 Å². The molecule has 5 nitrogen and oxygen atoms in total. The van der Waals surface area contributed by atoms with Crippen molar-refractivity contribution in [1.29, 1.82) is 0 Å². The summed E-state index contributed by atoms with van der Waals surface area (Å²) in [7, 11) is 0. The molecule has 0 aliphatic rings. The average Bonchev–Trinajstić information content (AvgIpc) is 2.34. The highest BCUT2D eigenvalue weighted by molar-refractivity contribution is 5.80. The molecule has 1 rings (SSSR count). The second-order valence-corrected chi connectivity index (χ2v) is 4.93. The zero-order valence-electron chi connectivity index (χ0n) is 13.1. The third kappa shape index (κ3) is 5.90. The van der Waals surface area contributed by atoms with Gasteiger partial charge in [-0.05, 0) is 26.3 Å². The largest absolute Gasteiger partial charge is 0.480 e. The first kappa shape index (κ1) is 12.0. The Morgan fingerprint density at radius 2 is 1.95 bits per heavy atom. The number of benzene rings is 1. The van der Waals surface area contributed by atoms with Crippen LogP contribution < -0.4 is 5.32 Å². The van der Waals surface area contributed by atoms with E-state index >= 15 is 0 Å². The van der Waals surface area contributed by atoms with E-state index in [9.17, 15) is 14.7 Å². The molecule has 1 aromatic rings. The second-order valence-electron chi connectivity index (χ2n) is 4.93. The zero-order chi connectivity index (χ0) is 16.3. The van der Waals surface area contributed by atoms with E-state index in [1.807, 2.05) is 0 Å². The number of aliphatic carboxylic acids is 1. The van der Waals surface area contributed by atoms with Gasteiger partial charge in [0.25, 0.3) is 0 Å². The Labute approximate surface area is 115 Å². The Morgan fingerprint density at radius 1 is 1.37 bits per heavy atom. The lowest BCUT2D eigenvalue weighted by atomic mass is 10.2. The second kappa shape index (κ2) is 6.22. The van der Waals surface area contributed by atoms with Crippen molar-refractivity contribution < 1.29 is 22.2 Å². The van der Waals surface area contributed by atoms with Crippen LogP contribution >= 0.6 is 0 Å². The Morgan fingerprint density at radius 3 is 2.42 bits per heavy atom.